The number of fused-ring (bicyclic) bond motifs is 1. The molecule has 0 fully saturated rings. The zero-order valence-electron chi connectivity index (χ0n) is 15.5. The smallest absolute Gasteiger partial charge is 0.117 e. The first-order valence-corrected chi connectivity index (χ1v) is 11.7. The van der Waals surface area contributed by atoms with Gasteiger partial charge in [-0.3, -0.25) is 9.97 Å². The van der Waals surface area contributed by atoms with Gasteiger partial charge in [0.2, 0.25) is 0 Å². The van der Waals surface area contributed by atoms with Gasteiger partial charge in [0.25, 0.3) is 0 Å². The number of nitrogens with zero attached hydrogens (tertiary/aromatic N) is 4. The Balaban J connectivity index is 1.96. The molecular formula is C20H18N4S3. The van der Waals surface area contributed by atoms with Gasteiger partial charge in [-0.25, -0.2) is 9.97 Å². The Morgan fingerprint density at radius 1 is 0.704 bits per heavy atom. The van der Waals surface area contributed by atoms with E-state index < -0.39 is 0 Å². The average molecular weight is 411 g/mol. The largest absolute Gasteiger partial charge is 0.253 e. The van der Waals surface area contributed by atoms with Crippen molar-refractivity contribution in [1.29, 1.82) is 0 Å². The summed E-state index contributed by atoms with van der Waals surface area (Å²) in [6, 6.07) is 8.16. The van der Waals surface area contributed by atoms with Crippen LogP contribution in [0.4, 0.5) is 0 Å². The molecule has 4 rings (SSSR count). The van der Waals surface area contributed by atoms with Crippen LogP contribution < -0.4 is 0 Å². The van der Waals surface area contributed by atoms with E-state index in [1.165, 1.54) is 9.75 Å². The normalized spacial score (nSPS) is 11.3. The molecule has 0 aliphatic heterocycles. The van der Waals surface area contributed by atoms with Crippen LogP contribution in [0.3, 0.4) is 0 Å². The van der Waals surface area contributed by atoms with Crippen LogP contribution in [-0.2, 0) is 0 Å². The second kappa shape index (κ2) is 7.58. The van der Waals surface area contributed by atoms with Gasteiger partial charge in [0, 0.05) is 31.9 Å². The minimum absolute atomic E-state index is 0.778. The summed E-state index contributed by atoms with van der Waals surface area (Å²) < 4.78 is 0. The van der Waals surface area contributed by atoms with E-state index in [1.807, 2.05) is 37.0 Å². The van der Waals surface area contributed by atoms with Crippen LogP contribution in [0.5, 0.6) is 0 Å². The first-order chi connectivity index (χ1) is 13.1. The van der Waals surface area contributed by atoms with Gasteiger partial charge in [0.1, 0.15) is 22.4 Å². The molecule has 4 nitrogen and oxygen atoms in total. The number of thioether (sulfide) groups is 2. The molecule has 0 spiro atoms. The minimum atomic E-state index is 0.778. The Hall–Kier alpha value is -1.96. The lowest BCUT2D eigenvalue weighted by molar-refractivity contribution is 1.17. The van der Waals surface area contributed by atoms with Crippen LogP contribution in [0.2, 0.25) is 0 Å². The lowest BCUT2D eigenvalue weighted by Crippen LogP contribution is -1.98. The quantitative estimate of drug-likeness (QED) is 0.392. The van der Waals surface area contributed by atoms with Gasteiger partial charge in [-0.1, -0.05) is 0 Å². The van der Waals surface area contributed by atoms with Gasteiger partial charge in [-0.2, -0.15) is 0 Å². The summed E-state index contributed by atoms with van der Waals surface area (Å²) in [6.45, 7) is 4.18. The molecular weight excluding hydrogens is 392 g/mol. The van der Waals surface area contributed by atoms with E-state index in [9.17, 15) is 0 Å². The third-order valence-corrected chi connectivity index (χ3v) is 6.72. The number of hydrogen-bond acceptors (Lipinski definition) is 7. The highest BCUT2D eigenvalue weighted by Gasteiger charge is 2.18. The van der Waals surface area contributed by atoms with Crippen molar-refractivity contribution < 1.29 is 0 Å². The molecule has 0 bridgehead atoms. The zero-order valence-corrected chi connectivity index (χ0v) is 17.9. The topological polar surface area (TPSA) is 51.6 Å². The Kier molecular flexibility index (Phi) is 5.16. The van der Waals surface area contributed by atoms with Crippen LogP contribution in [0, 0.1) is 13.8 Å². The van der Waals surface area contributed by atoms with Crippen molar-refractivity contribution in [3.8, 4) is 22.8 Å². The molecule has 0 atom stereocenters. The maximum atomic E-state index is 4.97. The molecule has 4 aromatic heterocycles. The van der Waals surface area contributed by atoms with Crippen molar-refractivity contribution in [2.75, 3.05) is 12.5 Å². The third kappa shape index (κ3) is 3.47. The third-order valence-electron chi connectivity index (χ3n) is 4.30. The second-order valence-corrected chi connectivity index (χ2v) is 9.19. The first-order valence-electron chi connectivity index (χ1n) is 8.39. The fourth-order valence-electron chi connectivity index (χ4n) is 2.89. The van der Waals surface area contributed by atoms with Crippen molar-refractivity contribution >= 4 is 45.9 Å². The molecule has 7 heteroatoms. The molecule has 0 aliphatic carbocycles. The lowest BCUT2D eigenvalue weighted by Gasteiger charge is -2.09. The summed E-state index contributed by atoms with van der Waals surface area (Å²) in [5.74, 6) is 0. The summed E-state index contributed by atoms with van der Waals surface area (Å²) >= 11 is 5.08. The van der Waals surface area contributed by atoms with E-state index in [-0.39, 0.29) is 0 Å². The highest BCUT2D eigenvalue weighted by atomic mass is 32.2. The molecule has 136 valence electrons. The molecule has 0 aromatic carbocycles. The number of pyridine rings is 2. The lowest BCUT2D eigenvalue weighted by atomic mass is 10.1. The van der Waals surface area contributed by atoms with Gasteiger partial charge >= 0.3 is 0 Å². The monoisotopic (exact) mass is 410 g/mol. The number of rotatable bonds is 4. The summed E-state index contributed by atoms with van der Waals surface area (Å²) in [4.78, 5) is 23.8. The van der Waals surface area contributed by atoms with E-state index in [4.69, 9.17) is 9.97 Å². The Bertz CT molecular complexity index is 1020. The molecule has 0 amide bonds. The van der Waals surface area contributed by atoms with Crippen LogP contribution >= 0.6 is 34.9 Å². The maximum absolute atomic E-state index is 4.97. The van der Waals surface area contributed by atoms with Gasteiger partial charge in [-0.15, -0.1) is 34.9 Å². The number of hydrogen-bond donors (Lipinski definition) is 0. The van der Waals surface area contributed by atoms with Crippen molar-refractivity contribution in [3.63, 3.8) is 0 Å². The van der Waals surface area contributed by atoms with Crippen LogP contribution in [-0.4, -0.2) is 32.4 Å². The van der Waals surface area contributed by atoms with Crippen molar-refractivity contribution in [3.05, 3.63) is 46.4 Å². The van der Waals surface area contributed by atoms with Gasteiger partial charge < -0.3 is 0 Å². The van der Waals surface area contributed by atoms with Crippen molar-refractivity contribution in [2.45, 2.75) is 23.6 Å². The number of aromatic nitrogens is 4. The Morgan fingerprint density at radius 3 is 1.48 bits per heavy atom. The highest BCUT2D eigenvalue weighted by molar-refractivity contribution is 7.98. The highest BCUT2D eigenvalue weighted by Crippen LogP contribution is 2.34. The van der Waals surface area contributed by atoms with Crippen molar-refractivity contribution in [2.24, 2.45) is 0 Å². The molecule has 0 aliphatic rings. The van der Waals surface area contributed by atoms with E-state index in [2.05, 4.69) is 35.9 Å². The Labute approximate surface area is 170 Å². The summed E-state index contributed by atoms with van der Waals surface area (Å²) in [5.41, 5.74) is 5.09. The molecule has 0 saturated carbocycles. The van der Waals surface area contributed by atoms with Gasteiger partial charge in [0.05, 0.1) is 11.4 Å². The van der Waals surface area contributed by atoms with E-state index in [0.29, 0.717) is 0 Å². The van der Waals surface area contributed by atoms with Crippen LogP contribution in [0.25, 0.3) is 33.8 Å². The van der Waals surface area contributed by atoms with E-state index in [1.54, 1.807) is 34.9 Å². The maximum Gasteiger partial charge on any atom is 0.117 e. The van der Waals surface area contributed by atoms with Gasteiger partial charge in [0.15, 0.2) is 0 Å². The van der Waals surface area contributed by atoms with Crippen molar-refractivity contribution in [1.82, 2.24) is 19.9 Å². The van der Waals surface area contributed by atoms with E-state index >= 15 is 0 Å². The predicted octanol–water partition coefficient (Wildman–Crippen LogP) is 5.88. The molecule has 4 heterocycles. The summed E-state index contributed by atoms with van der Waals surface area (Å²) in [7, 11) is 0. The van der Waals surface area contributed by atoms with Crippen LogP contribution in [0.15, 0.2) is 46.5 Å². The number of aryl methyl sites for hydroxylation is 2. The summed E-state index contributed by atoms with van der Waals surface area (Å²) in [6.07, 6.45) is 7.85. The van der Waals surface area contributed by atoms with Gasteiger partial charge in [-0.05, 0) is 50.6 Å². The molecule has 27 heavy (non-hydrogen) atoms. The molecule has 0 saturated heterocycles. The number of thiophene rings is 1. The average Bonchev–Trinajstić information content (AvgIpc) is 3.00. The first kappa shape index (κ1) is 18.4. The summed E-state index contributed by atoms with van der Waals surface area (Å²) in [5, 5.41) is 0. The molecule has 0 radical (unpaired) electrons. The fraction of sp³-hybridized carbons (Fsp3) is 0.200. The standard InChI is InChI=1S/C20H18N4S3/c1-11-17-18(12(2)27-11)24-20(16-8-6-14(26-4)10-22-16)19(23-17)15-7-5-13(25-3)9-21-15/h5-10H,1-4H3. The van der Waals surface area contributed by atoms with Crippen LogP contribution in [0.1, 0.15) is 9.75 Å². The molecule has 4 aromatic rings. The fourth-order valence-corrected chi connectivity index (χ4v) is 4.55. The van der Waals surface area contributed by atoms with E-state index in [0.717, 1.165) is 43.6 Å². The molecule has 0 unspecified atom stereocenters. The SMILES string of the molecule is CSc1ccc(-c2nc3c(C)sc(C)c3nc2-c2ccc(SC)cn2)nc1. The molecule has 0 N–H and O–H groups in total. The Morgan fingerprint density at radius 2 is 1.15 bits per heavy atom. The minimum Gasteiger partial charge on any atom is -0.253 e. The second-order valence-electron chi connectivity index (χ2n) is 6.00. The predicted molar refractivity (Wildman–Crippen MR) is 117 cm³/mol. The zero-order chi connectivity index (χ0) is 19.0.